The van der Waals surface area contributed by atoms with Gasteiger partial charge in [-0.3, -0.25) is 14.4 Å². The minimum atomic E-state index is -0.641. The zero-order valence-electron chi connectivity index (χ0n) is 20.1. The Morgan fingerprint density at radius 3 is 2.31 bits per heavy atom. The number of ether oxygens (including phenoxy) is 1. The van der Waals surface area contributed by atoms with Crippen LogP contribution in [-0.2, 0) is 25.5 Å². The van der Waals surface area contributed by atoms with Gasteiger partial charge in [0.2, 0.25) is 11.8 Å². The fraction of sp³-hybridized carbons (Fsp3) is 0.393. The summed E-state index contributed by atoms with van der Waals surface area (Å²) in [5.74, 6) is -1.82. The van der Waals surface area contributed by atoms with Gasteiger partial charge in [0.1, 0.15) is 6.10 Å². The first-order valence-corrected chi connectivity index (χ1v) is 12.1. The van der Waals surface area contributed by atoms with E-state index in [4.69, 9.17) is 4.74 Å². The van der Waals surface area contributed by atoms with Gasteiger partial charge in [0, 0.05) is 12.5 Å². The normalized spacial score (nSPS) is 22.2. The summed E-state index contributed by atoms with van der Waals surface area (Å²) in [7, 11) is 0. The van der Waals surface area contributed by atoms with E-state index < -0.39 is 12.0 Å². The summed E-state index contributed by atoms with van der Waals surface area (Å²) < 4.78 is 5.93. The third-order valence-electron chi connectivity index (χ3n) is 6.04. The second kappa shape index (κ2) is 13.4. The summed E-state index contributed by atoms with van der Waals surface area (Å²) in [6.07, 6.45) is 4.50. The molecule has 35 heavy (non-hydrogen) atoms. The Hall–Kier alpha value is -3.45. The topological polar surface area (TPSA) is 105 Å². The molecule has 0 radical (unpaired) electrons. The SMILES string of the molecule is C[C@@H](CO)NC(=O)C[C@H]1CC=CC[C@@H](Cc2ccccc2)C(=O)O[C@@H](c2ccccc2)CNC1=O. The van der Waals surface area contributed by atoms with Crippen molar-refractivity contribution in [3.63, 3.8) is 0 Å². The molecule has 1 aliphatic heterocycles. The van der Waals surface area contributed by atoms with Gasteiger partial charge in [0.15, 0.2) is 0 Å². The first-order valence-electron chi connectivity index (χ1n) is 12.1. The highest BCUT2D eigenvalue weighted by Crippen LogP contribution is 2.23. The maximum atomic E-state index is 13.2. The van der Waals surface area contributed by atoms with Crippen molar-refractivity contribution in [2.24, 2.45) is 11.8 Å². The monoisotopic (exact) mass is 478 g/mol. The number of allylic oxidation sites excluding steroid dienone is 2. The standard InChI is InChI=1S/C28H34N2O5/c1-20(19-31)30-26(32)17-23-14-8-9-15-24(16-21-10-4-2-5-11-21)28(34)35-25(18-29-27(23)33)22-12-6-3-7-13-22/h2-13,20,23-25,31H,14-19H2,1H3,(H,29,33)(H,30,32)/t20-,23+,24-,25+/m0/s1. The van der Waals surface area contributed by atoms with Crippen LogP contribution in [0.4, 0.5) is 0 Å². The first-order chi connectivity index (χ1) is 17.0. The molecule has 0 spiro atoms. The summed E-state index contributed by atoms with van der Waals surface area (Å²) in [6.45, 7) is 1.64. The van der Waals surface area contributed by atoms with Gasteiger partial charge in [-0.05, 0) is 37.3 Å². The largest absolute Gasteiger partial charge is 0.455 e. The summed E-state index contributed by atoms with van der Waals surface area (Å²) in [4.78, 5) is 38.6. The van der Waals surface area contributed by atoms with Crippen molar-refractivity contribution in [1.29, 1.82) is 0 Å². The van der Waals surface area contributed by atoms with Gasteiger partial charge in [-0.15, -0.1) is 0 Å². The number of carbonyl (C=O) groups is 3. The lowest BCUT2D eigenvalue weighted by Gasteiger charge is -2.24. The highest BCUT2D eigenvalue weighted by molar-refractivity contribution is 5.86. The van der Waals surface area contributed by atoms with Crippen molar-refractivity contribution in [1.82, 2.24) is 10.6 Å². The summed E-state index contributed by atoms with van der Waals surface area (Å²) in [6, 6.07) is 18.8. The minimum absolute atomic E-state index is 0.00372. The summed E-state index contributed by atoms with van der Waals surface area (Å²) >= 11 is 0. The molecule has 0 fully saturated rings. The molecule has 0 saturated heterocycles. The van der Waals surface area contributed by atoms with Gasteiger partial charge < -0.3 is 20.5 Å². The Labute approximate surface area is 206 Å². The second-order valence-corrected chi connectivity index (χ2v) is 8.96. The number of hydrogen-bond donors (Lipinski definition) is 3. The molecule has 4 atom stereocenters. The average Bonchev–Trinajstić information content (AvgIpc) is 2.87. The smallest absolute Gasteiger partial charge is 0.310 e. The maximum Gasteiger partial charge on any atom is 0.310 e. The number of rotatable bonds is 7. The van der Waals surface area contributed by atoms with Gasteiger partial charge in [0.25, 0.3) is 0 Å². The van der Waals surface area contributed by atoms with E-state index in [0.29, 0.717) is 19.3 Å². The van der Waals surface area contributed by atoms with Crippen molar-refractivity contribution in [2.75, 3.05) is 13.2 Å². The number of carbonyl (C=O) groups excluding carboxylic acids is 3. The quantitative estimate of drug-likeness (QED) is 0.419. The van der Waals surface area contributed by atoms with Crippen molar-refractivity contribution in [2.45, 2.75) is 44.8 Å². The molecule has 0 aromatic heterocycles. The Balaban J connectivity index is 1.81. The number of esters is 1. The summed E-state index contributed by atoms with van der Waals surface area (Å²) in [5.41, 5.74) is 1.84. The first kappa shape index (κ1) is 26.2. The minimum Gasteiger partial charge on any atom is -0.455 e. The van der Waals surface area contributed by atoms with Crippen molar-refractivity contribution < 1.29 is 24.2 Å². The van der Waals surface area contributed by atoms with E-state index in [2.05, 4.69) is 10.6 Å². The number of nitrogens with one attached hydrogen (secondary N) is 2. The zero-order valence-corrected chi connectivity index (χ0v) is 20.1. The number of cyclic esters (lactones) is 1. The van der Waals surface area contributed by atoms with Crippen LogP contribution in [-0.4, -0.2) is 42.1 Å². The van der Waals surface area contributed by atoms with Gasteiger partial charge in [-0.2, -0.15) is 0 Å². The molecule has 1 aliphatic rings. The van der Waals surface area contributed by atoms with Gasteiger partial charge in [-0.25, -0.2) is 0 Å². The van der Waals surface area contributed by atoms with Crippen molar-refractivity contribution in [3.8, 4) is 0 Å². The Bertz CT molecular complexity index is 993. The van der Waals surface area contributed by atoms with E-state index in [1.54, 1.807) is 6.92 Å². The number of amides is 2. The average molecular weight is 479 g/mol. The maximum absolute atomic E-state index is 13.2. The van der Waals surface area contributed by atoms with Crippen LogP contribution >= 0.6 is 0 Å². The van der Waals surface area contributed by atoms with Crippen LogP contribution in [0.2, 0.25) is 0 Å². The van der Waals surface area contributed by atoms with E-state index in [-0.39, 0.29) is 49.3 Å². The van der Waals surface area contributed by atoms with E-state index >= 15 is 0 Å². The van der Waals surface area contributed by atoms with Crippen molar-refractivity contribution >= 4 is 17.8 Å². The highest BCUT2D eigenvalue weighted by atomic mass is 16.5. The van der Waals surface area contributed by atoms with E-state index in [1.165, 1.54) is 0 Å². The molecule has 7 heteroatoms. The van der Waals surface area contributed by atoms with Gasteiger partial charge in [0.05, 0.1) is 25.0 Å². The zero-order chi connectivity index (χ0) is 25.0. The molecule has 186 valence electrons. The Morgan fingerprint density at radius 1 is 1.03 bits per heavy atom. The van der Waals surface area contributed by atoms with Crippen molar-refractivity contribution in [3.05, 3.63) is 83.9 Å². The van der Waals surface area contributed by atoms with Crippen LogP contribution in [0.25, 0.3) is 0 Å². The molecule has 3 N–H and O–H groups in total. The Morgan fingerprint density at radius 2 is 1.66 bits per heavy atom. The molecule has 2 aromatic carbocycles. The number of aliphatic hydroxyl groups is 1. The highest BCUT2D eigenvalue weighted by Gasteiger charge is 2.27. The van der Waals surface area contributed by atoms with Crippen LogP contribution in [0.1, 0.15) is 43.4 Å². The summed E-state index contributed by atoms with van der Waals surface area (Å²) in [5, 5.41) is 14.8. The molecular weight excluding hydrogens is 444 g/mol. The molecule has 0 saturated carbocycles. The van der Waals surface area contributed by atoms with Crippen LogP contribution in [0.15, 0.2) is 72.8 Å². The lowest BCUT2D eigenvalue weighted by molar-refractivity contribution is -0.154. The van der Waals surface area contributed by atoms with Gasteiger partial charge in [-0.1, -0.05) is 72.8 Å². The predicted molar refractivity (Wildman–Crippen MR) is 133 cm³/mol. The molecule has 3 rings (SSSR count). The molecule has 1 heterocycles. The molecular formula is C28H34N2O5. The second-order valence-electron chi connectivity index (χ2n) is 8.96. The molecule has 0 unspecified atom stereocenters. The third-order valence-corrected chi connectivity index (χ3v) is 6.04. The predicted octanol–water partition coefficient (Wildman–Crippen LogP) is 3.10. The van der Waals surface area contributed by atoms with E-state index in [0.717, 1.165) is 11.1 Å². The molecule has 0 aliphatic carbocycles. The lowest BCUT2D eigenvalue weighted by Crippen LogP contribution is -2.40. The van der Waals surface area contributed by atoms with E-state index in [9.17, 15) is 19.5 Å². The molecule has 0 bridgehead atoms. The fourth-order valence-electron chi connectivity index (χ4n) is 4.04. The fourth-order valence-corrected chi connectivity index (χ4v) is 4.04. The van der Waals surface area contributed by atoms with Gasteiger partial charge >= 0.3 is 5.97 Å². The lowest BCUT2D eigenvalue weighted by atomic mass is 9.94. The molecule has 7 nitrogen and oxygen atoms in total. The number of hydrogen-bond acceptors (Lipinski definition) is 5. The number of benzene rings is 2. The van der Waals surface area contributed by atoms with Crippen LogP contribution in [0, 0.1) is 11.8 Å². The van der Waals surface area contributed by atoms with E-state index in [1.807, 2.05) is 72.8 Å². The number of aliphatic hydroxyl groups excluding tert-OH is 1. The molecule has 2 amide bonds. The van der Waals surface area contributed by atoms with Crippen LogP contribution in [0.3, 0.4) is 0 Å². The van der Waals surface area contributed by atoms with Crippen LogP contribution < -0.4 is 10.6 Å². The third kappa shape index (κ3) is 8.37. The van der Waals surface area contributed by atoms with Crippen LogP contribution in [0.5, 0.6) is 0 Å². The Kier molecular flexibility index (Phi) is 10.0. The molecule has 2 aromatic rings.